The van der Waals surface area contributed by atoms with E-state index in [1.54, 1.807) is 11.3 Å². The van der Waals surface area contributed by atoms with Crippen LogP contribution in [0.2, 0.25) is 0 Å². The number of allylic oxidation sites excluding steroid dienone is 1. The van der Waals surface area contributed by atoms with E-state index in [1.807, 2.05) is 6.92 Å². The minimum atomic E-state index is 1.08. The highest BCUT2D eigenvalue weighted by Gasteiger charge is 2.03. The first-order valence-electron chi connectivity index (χ1n) is 3.06. The number of rotatable bonds is 1. The van der Waals surface area contributed by atoms with Gasteiger partial charge in [-0.1, -0.05) is 6.58 Å². The monoisotopic (exact) mass is 170 g/mol. The largest absolute Gasteiger partial charge is 0.143 e. The van der Waals surface area contributed by atoms with Crippen LogP contribution in [0.5, 0.6) is 0 Å². The average molecular weight is 170 g/mol. The van der Waals surface area contributed by atoms with Crippen LogP contribution in [0.25, 0.3) is 5.57 Å². The van der Waals surface area contributed by atoms with Gasteiger partial charge in [-0.05, 0) is 30.4 Å². The molecule has 1 aromatic heterocycles. The Bertz CT molecular complexity index is 258. The molecule has 2 heteroatoms. The zero-order valence-corrected chi connectivity index (χ0v) is 7.85. The number of thiophene rings is 1. The summed E-state index contributed by atoms with van der Waals surface area (Å²) in [5, 5.41) is 2.10. The summed E-state index contributed by atoms with van der Waals surface area (Å²) in [6.45, 7) is 7.93. The van der Waals surface area contributed by atoms with E-state index in [-0.39, 0.29) is 0 Å². The molecule has 54 valence electrons. The van der Waals surface area contributed by atoms with E-state index in [0.717, 1.165) is 10.5 Å². The van der Waals surface area contributed by atoms with Gasteiger partial charge >= 0.3 is 0 Å². The minimum Gasteiger partial charge on any atom is -0.143 e. The Morgan fingerprint density at radius 1 is 1.70 bits per heavy atom. The molecule has 0 saturated carbocycles. The van der Waals surface area contributed by atoms with Crippen molar-refractivity contribution in [2.24, 2.45) is 0 Å². The van der Waals surface area contributed by atoms with Gasteiger partial charge in [0.2, 0.25) is 0 Å². The molecule has 0 nitrogen and oxygen atoms in total. The maximum absolute atomic E-state index is 4.35. The third kappa shape index (κ3) is 1.27. The summed E-state index contributed by atoms with van der Waals surface area (Å²) in [5.41, 5.74) is 2.34. The van der Waals surface area contributed by atoms with Gasteiger partial charge in [0, 0.05) is 9.77 Å². The quantitative estimate of drug-likeness (QED) is 0.614. The predicted molar refractivity (Wildman–Crippen MR) is 51.0 cm³/mol. The molecule has 0 saturated heterocycles. The van der Waals surface area contributed by atoms with Crippen LogP contribution in [-0.4, -0.2) is 0 Å². The van der Waals surface area contributed by atoms with Crippen LogP contribution in [0.1, 0.15) is 17.4 Å². The molecule has 0 fully saturated rings. The topological polar surface area (TPSA) is 0 Å². The molecule has 1 aromatic rings. The first-order chi connectivity index (χ1) is 4.63. The molecule has 0 bridgehead atoms. The molecule has 1 heterocycles. The molecule has 0 N–H and O–H groups in total. The molecule has 0 atom stereocenters. The second kappa shape index (κ2) is 2.81. The van der Waals surface area contributed by atoms with Gasteiger partial charge in [0.05, 0.1) is 0 Å². The molecule has 0 spiro atoms. The molecule has 1 rings (SSSR count). The highest BCUT2D eigenvalue weighted by molar-refractivity contribution is 7.80. The van der Waals surface area contributed by atoms with Gasteiger partial charge in [-0.15, -0.1) is 24.0 Å². The van der Waals surface area contributed by atoms with Crippen molar-refractivity contribution >= 4 is 29.5 Å². The number of thiol groups is 1. The maximum atomic E-state index is 4.35. The normalized spacial score (nSPS) is 9.90. The summed E-state index contributed by atoms with van der Waals surface area (Å²) >= 11 is 6.06. The van der Waals surface area contributed by atoms with Crippen molar-refractivity contribution in [2.75, 3.05) is 0 Å². The molecule has 0 unspecified atom stereocenters. The lowest BCUT2D eigenvalue weighted by atomic mass is 10.2. The summed E-state index contributed by atoms with van der Waals surface area (Å²) in [4.78, 5) is 2.29. The Morgan fingerprint density at radius 3 is 2.50 bits per heavy atom. The summed E-state index contributed by atoms with van der Waals surface area (Å²) in [6, 6.07) is 0. The van der Waals surface area contributed by atoms with Crippen LogP contribution in [0.4, 0.5) is 0 Å². The van der Waals surface area contributed by atoms with Crippen LogP contribution in [0.3, 0.4) is 0 Å². The van der Waals surface area contributed by atoms with Gasteiger partial charge in [0.15, 0.2) is 0 Å². The van der Waals surface area contributed by atoms with Crippen LogP contribution >= 0.6 is 24.0 Å². The molecule has 0 aliphatic carbocycles. The van der Waals surface area contributed by atoms with E-state index < -0.39 is 0 Å². The van der Waals surface area contributed by atoms with Crippen molar-refractivity contribution in [3.8, 4) is 0 Å². The standard InChI is InChI=1S/C8H10S2/c1-5(2)8-7(9)6(3)4-10-8/h4,9H,1H2,2-3H3. The highest BCUT2D eigenvalue weighted by Crippen LogP contribution is 2.30. The van der Waals surface area contributed by atoms with Gasteiger partial charge < -0.3 is 0 Å². The number of aryl methyl sites for hydroxylation is 1. The second-order valence-electron chi connectivity index (χ2n) is 2.38. The first kappa shape index (κ1) is 7.89. The van der Waals surface area contributed by atoms with Crippen molar-refractivity contribution in [3.63, 3.8) is 0 Å². The van der Waals surface area contributed by atoms with Gasteiger partial charge in [-0.3, -0.25) is 0 Å². The van der Waals surface area contributed by atoms with Crippen molar-refractivity contribution in [2.45, 2.75) is 18.7 Å². The SMILES string of the molecule is C=C(C)c1scc(C)c1S. The van der Waals surface area contributed by atoms with Gasteiger partial charge in [-0.25, -0.2) is 0 Å². The lowest BCUT2D eigenvalue weighted by molar-refractivity contribution is 1.36. The summed E-state index contributed by atoms with van der Waals surface area (Å²) < 4.78 is 0. The van der Waals surface area contributed by atoms with Crippen molar-refractivity contribution in [1.29, 1.82) is 0 Å². The van der Waals surface area contributed by atoms with Crippen LogP contribution in [0.15, 0.2) is 16.9 Å². The maximum Gasteiger partial charge on any atom is 0.0429 e. The fourth-order valence-corrected chi connectivity index (χ4v) is 2.13. The molecular weight excluding hydrogens is 160 g/mol. The minimum absolute atomic E-state index is 1.08. The summed E-state index contributed by atoms with van der Waals surface area (Å²) in [6.07, 6.45) is 0. The Hall–Kier alpha value is -0.210. The molecular formula is C8H10S2. The van der Waals surface area contributed by atoms with Gasteiger partial charge in [0.1, 0.15) is 0 Å². The third-order valence-electron chi connectivity index (χ3n) is 1.33. The van der Waals surface area contributed by atoms with Crippen LogP contribution < -0.4 is 0 Å². The Kier molecular flexibility index (Phi) is 2.21. The molecule has 0 aromatic carbocycles. The summed E-state index contributed by atoms with van der Waals surface area (Å²) in [5.74, 6) is 0. The first-order valence-corrected chi connectivity index (χ1v) is 4.38. The zero-order valence-electron chi connectivity index (χ0n) is 6.14. The second-order valence-corrected chi connectivity index (χ2v) is 3.70. The van der Waals surface area contributed by atoms with Crippen LogP contribution in [-0.2, 0) is 0 Å². The van der Waals surface area contributed by atoms with E-state index in [2.05, 4.69) is 31.5 Å². The van der Waals surface area contributed by atoms with Gasteiger partial charge in [-0.2, -0.15) is 0 Å². The molecule has 0 aliphatic rings. The lowest BCUT2D eigenvalue weighted by Crippen LogP contribution is -1.71. The molecule has 0 aliphatic heterocycles. The average Bonchev–Trinajstić information content (AvgIpc) is 2.14. The Morgan fingerprint density at radius 2 is 2.30 bits per heavy atom. The van der Waals surface area contributed by atoms with Crippen molar-refractivity contribution < 1.29 is 0 Å². The highest BCUT2D eigenvalue weighted by atomic mass is 32.1. The summed E-state index contributed by atoms with van der Waals surface area (Å²) in [7, 11) is 0. The molecule has 10 heavy (non-hydrogen) atoms. The van der Waals surface area contributed by atoms with Crippen molar-refractivity contribution in [1.82, 2.24) is 0 Å². The van der Waals surface area contributed by atoms with E-state index in [0.29, 0.717) is 0 Å². The van der Waals surface area contributed by atoms with Crippen LogP contribution in [0, 0.1) is 6.92 Å². The van der Waals surface area contributed by atoms with E-state index in [4.69, 9.17) is 0 Å². The predicted octanol–water partition coefficient (Wildman–Crippen LogP) is 3.38. The number of hydrogen-bond acceptors (Lipinski definition) is 2. The van der Waals surface area contributed by atoms with E-state index >= 15 is 0 Å². The Labute approximate surface area is 71.0 Å². The van der Waals surface area contributed by atoms with E-state index in [9.17, 15) is 0 Å². The Balaban J connectivity index is 3.17. The third-order valence-corrected chi connectivity index (χ3v) is 3.32. The fraction of sp³-hybridized carbons (Fsp3) is 0.250. The smallest absolute Gasteiger partial charge is 0.0429 e. The fourth-order valence-electron chi connectivity index (χ4n) is 0.741. The van der Waals surface area contributed by atoms with Crippen molar-refractivity contribution in [3.05, 3.63) is 22.4 Å². The van der Waals surface area contributed by atoms with Gasteiger partial charge in [0.25, 0.3) is 0 Å². The number of hydrogen-bond donors (Lipinski definition) is 1. The zero-order chi connectivity index (χ0) is 7.72. The van der Waals surface area contributed by atoms with E-state index in [1.165, 1.54) is 10.4 Å². The molecule has 0 radical (unpaired) electrons. The lowest BCUT2D eigenvalue weighted by Gasteiger charge is -1.94. The molecule has 0 amide bonds.